The van der Waals surface area contributed by atoms with Crippen LogP contribution in [0.1, 0.15) is 33.3 Å². The normalized spacial score (nSPS) is 12.5. The van der Waals surface area contributed by atoms with Gasteiger partial charge in [0.05, 0.1) is 11.0 Å². The largest absolute Gasteiger partial charge is 0.491 e. The van der Waals surface area contributed by atoms with Crippen molar-refractivity contribution in [3.63, 3.8) is 0 Å². The van der Waals surface area contributed by atoms with Crippen LogP contribution in [0.25, 0.3) is 0 Å². The zero-order chi connectivity index (χ0) is 16.4. The van der Waals surface area contributed by atoms with Gasteiger partial charge in [-0.25, -0.2) is 8.42 Å². The van der Waals surface area contributed by atoms with E-state index in [-0.39, 0.29) is 11.0 Å². The lowest BCUT2D eigenvalue weighted by atomic mass is 10.1. The summed E-state index contributed by atoms with van der Waals surface area (Å²) in [7, 11) is -3.92. The van der Waals surface area contributed by atoms with Gasteiger partial charge in [0, 0.05) is 0 Å². The number of hydrogen-bond acceptors (Lipinski definition) is 4. The maximum absolute atomic E-state index is 12.2. The SMILES string of the molecule is Cc1cc(S(=O)(=O)NC(C)(C)C(=O)O)ccc1OC(C)C. The van der Waals surface area contributed by atoms with Crippen LogP contribution in [0, 0.1) is 6.92 Å². The van der Waals surface area contributed by atoms with Crippen molar-refractivity contribution in [3.05, 3.63) is 23.8 Å². The first kappa shape index (κ1) is 17.5. The molecular weight excluding hydrogens is 294 g/mol. The molecule has 0 aromatic heterocycles. The minimum absolute atomic E-state index is 0.00503. The lowest BCUT2D eigenvalue weighted by Crippen LogP contribution is -2.49. The molecule has 0 aliphatic heterocycles. The summed E-state index contributed by atoms with van der Waals surface area (Å²) in [4.78, 5) is 11.0. The highest BCUT2D eigenvalue weighted by Gasteiger charge is 2.33. The number of sulfonamides is 1. The Hall–Kier alpha value is -1.60. The second-order valence-corrected chi connectivity index (χ2v) is 7.31. The minimum Gasteiger partial charge on any atom is -0.491 e. The van der Waals surface area contributed by atoms with E-state index in [4.69, 9.17) is 9.84 Å². The summed E-state index contributed by atoms with van der Waals surface area (Å²) in [6, 6.07) is 4.42. The highest BCUT2D eigenvalue weighted by atomic mass is 32.2. The summed E-state index contributed by atoms with van der Waals surface area (Å²) in [6.45, 7) is 8.06. The number of carboxylic acid groups (broad SMARTS) is 1. The zero-order valence-electron chi connectivity index (χ0n) is 12.8. The van der Waals surface area contributed by atoms with Gasteiger partial charge in [0.25, 0.3) is 0 Å². The van der Waals surface area contributed by atoms with E-state index in [2.05, 4.69) is 4.72 Å². The summed E-state index contributed by atoms with van der Waals surface area (Å²) in [6.07, 6.45) is -0.0183. The van der Waals surface area contributed by atoms with Gasteiger partial charge < -0.3 is 9.84 Å². The molecule has 0 saturated carbocycles. The molecule has 0 heterocycles. The van der Waals surface area contributed by atoms with Crippen molar-refractivity contribution in [2.75, 3.05) is 0 Å². The molecule has 6 nitrogen and oxygen atoms in total. The van der Waals surface area contributed by atoms with Gasteiger partial charge in [-0.05, 0) is 58.4 Å². The van der Waals surface area contributed by atoms with Crippen molar-refractivity contribution in [1.82, 2.24) is 4.72 Å². The third-order valence-electron chi connectivity index (χ3n) is 2.74. The van der Waals surface area contributed by atoms with Crippen molar-refractivity contribution in [2.24, 2.45) is 0 Å². The predicted octanol–water partition coefficient (Wildman–Crippen LogP) is 1.92. The van der Waals surface area contributed by atoms with Gasteiger partial charge >= 0.3 is 5.97 Å². The quantitative estimate of drug-likeness (QED) is 0.836. The smallest absolute Gasteiger partial charge is 0.324 e. The summed E-state index contributed by atoms with van der Waals surface area (Å²) in [5.41, 5.74) is -0.917. The molecule has 0 amide bonds. The van der Waals surface area contributed by atoms with Crippen LogP contribution >= 0.6 is 0 Å². The molecule has 0 bridgehead atoms. The highest BCUT2D eigenvalue weighted by Crippen LogP contribution is 2.23. The molecular formula is C14H21NO5S. The van der Waals surface area contributed by atoms with Crippen LogP contribution in [0.4, 0.5) is 0 Å². The fourth-order valence-electron chi connectivity index (χ4n) is 1.61. The summed E-state index contributed by atoms with van der Waals surface area (Å²) in [5, 5.41) is 9.00. The number of benzene rings is 1. The van der Waals surface area contributed by atoms with Gasteiger partial charge in [0.2, 0.25) is 10.0 Å². The Morgan fingerprint density at radius 2 is 1.90 bits per heavy atom. The van der Waals surface area contributed by atoms with E-state index in [1.165, 1.54) is 26.0 Å². The molecule has 1 rings (SSSR count). The molecule has 0 radical (unpaired) electrons. The fraction of sp³-hybridized carbons (Fsp3) is 0.500. The monoisotopic (exact) mass is 315 g/mol. The molecule has 0 aliphatic carbocycles. The average Bonchev–Trinajstić information content (AvgIpc) is 2.29. The van der Waals surface area contributed by atoms with E-state index < -0.39 is 21.5 Å². The van der Waals surface area contributed by atoms with E-state index in [1.807, 2.05) is 13.8 Å². The Kier molecular flexibility index (Phi) is 5.01. The van der Waals surface area contributed by atoms with Crippen molar-refractivity contribution in [2.45, 2.75) is 51.2 Å². The Bertz CT molecular complexity index is 635. The maximum atomic E-state index is 12.2. The fourth-order valence-corrected chi connectivity index (χ4v) is 3.07. The number of nitrogens with one attached hydrogen (secondary N) is 1. The average molecular weight is 315 g/mol. The Labute approximate surface area is 125 Å². The molecule has 0 spiro atoms. The number of carbonyl (C=O) groups is 1. The second-order valence-electron chi connectivity index (χ2n) is 5.63. The maximum Gasteiger partial charge on any atom is 0.324 e. The number of aryl methyl sites for hydroxylation is 1. The number of ether oxygens (including phenoxy) is 1. The molecule has 0 saturated heterocycles. The Morgan fingerprint density at radius 3 is 2.33 bits per heavy atom. The van der Waals surface area contributed by atoms with Gasteiger partial charge in [0.1, 0.15) is 11.3 Å². The molecule has 0 atom stereocenters. The first-order valence-electron chi connectivity index (χ1n) is 6.50. The lowest BCUT2D eigenvalue weighted by Gasteiger charge is -2.21. The molecule has 2 N–H and O–H groups in total. The molecule has 21 heavy (non-hydrogen) atoms. The first-order chi connectivity index (χ1) is 9.45. The molecule has 0 aliphatic rings. The standard InChI is InChI=1S/C14H21NO5S/c1-9(2)20-12-7-6-11(8-10(12)3)21(18,19)15-14(4,5)13(16)17/h6-9,15H,1-5H3,(H,16,17). The van der Waals surface area contributed by atoms with Crippen LogP contribution in [-0.2, 0) is 14.8 Å². The summed E-state index contributed by atoms with van der Waals surface area (Å²) in [5.74, 6) is -0.649. The molecule has 0 fully saturated rings. The predicted molar refractivity (Wildman–Crippen MR) is 79.0 cm³/mol. The molecule has 1 aromatic rings. The number of rotatable bonds is 6. The van der Waals surface area contributed by atoms with Crippen molar-refractivity contribution >= 4 is 16.0 Å². The highest BCUT2D eigenvalue weighted by molar-refractivity contribution is 7.89. The number of carboxylic acids is 1. The van der Waals surface area contributed by atoms with Crippen LogP contribution in [0.15, 0.2) is 23.1 Å². The molecule has 118 valence electrons. The van der Waals surface area contributed by atoms with Gasteiger partial charge in [-0.1, -0.05) is 0 Å². The molecule has 1 aromatic carbocycles. The van der Waals surface area contributed by atoms with Gasteiger partial charge in [-0.3, -0.25) is 4.79 Å². The Balaban J connectivity index is 3.11. The third kappa shape index (κ3) is 4.44. The van der Waals surface area contributed by atoms with E-state index in [9.17, 15) is 13.2 Å². The van der Waals surface area contributed by atoms with Crippen LogP contribution in [0.3, 0.4) is 0 Å². The van der Waals surface area contributed by atoms with Gasteiger partial charge in [-0.2, -0.15) is 4.72 Å². The number of hydrogen-bond donors (Lipinski definition) is 2. The molecule has 0 unspecified atom stereocenters. The van der Waals surface area contributed by atoms with Crippen LogP contribution in [0.2, 0.25) is 0 Å². The minimum atomic E-state index is -3.92. The van der Waals surface area contributed by atoms with Crippen LogP contribution in [-0.4, -0.2) is 31.1 Å². The van der Waals surface area contributed by atoms with Gasteiger partial charge in [0.15, 0.2) is 0 Å². The van der Waals surface area contributed by atoms with Gasteiger partial charge in [-0.15, -0.1) is 0 Å². The summed E-state index contributed by atoms with van der Waals surface area (Å²) < 4.78 is 32.2. The zero-order valence-corrected chi connectivity index (χ0v) is 13.6. The van der Waals surface area contributed by atoms with Crippen molar-refractivity contribution in [3.8, 4) is 5.75 Å². The van der Waals surface area contributed by atoms with E-state index in [0.717, 1.165) is 0 Å². The van der Waals surface area contributed by atoms with Crippen LogP contribution in [0.5, 0.6) is 5.75 Å². The third-order valence-corrected chi connectivity index (χ3v) is 4.40. The lowest BCUT2D eigenvalue weighted by molar-refractivity contribution is -0.142. The van der Waals surface area contributed by atoms with E-state index in [1.54, 1.807) is 13.0 Å². The topological polar surface area (TPSA) is 92.7 Å². The number of aliphatic carboxylic acids is 1. The second kappa shape index (κ2) is 6.03. The molecule has 7 heteroatoms. The summed E-state index contributed by atoms with van der Waals surface area (Å²) >= 11 is 0. The van der Waals surface area contributed by atoms with E-state index in [0.29, 0.717) is 11.3 Å². The van der Waals surface area contributed by atoms with Crippen molar-refractivity contribution < 1.29 is 23.1 Å². The van der Waals surface area contributed by atoms with E-state index >= 15 is 0 Å². The van der Waals surface area contributed by atoms with Crippen molar-refractivity contribution in [1.29, 1.82) is 0 Å². The first-order valence-corrected chi connectivity index (χ1v) is 7.99. The van der Waals surface area contributed by atoms with Crippen LogP contribution < -0.4 is 9.46 Å². The Morgan fingerprint density at radius 1 is 1.33 bits per heavy atom.